The Kier molecular flexibility index (Phi) is 4.84. The monoisotopic (exact) mass is 428 g/mol. The van der Waals surface area contributed by atoms with E-state index < -0.39 is 0 Å². The van der Waals surface area contributed by atoms with Crippen LogP contribution in [0.1, 0.15) is 17.3 Å². The number of para-hydroxylation sites is 2. The molecule has 31 heavy (non-hydrogen) atoms. The number of rotatable bonds is 4. The normalized spacial score (nSPS) is 11.2. The smallest absolute Gasteiger partial charge is 0.338 e. The van der Waals surface area contributed by atoms with Gasteiger partial charge in [0.05, 0.1) is 28.2 Å². The highest BCUT2D eigenvalue weighted by Gasteiger charge is 2.19. The van der Waals surface area contributed by atoms with Crippen molar-refractivity contribution in [3.05, 3.63) is 83.4 Å². The Hall–Kier alpha value is -3.77. The molecule has 0 aliphatic rings. The van der Waals surface area contributed by atoms with Crippen molar-refractivity contribution in [2.75, 3.05) is 6.61 Å². The van der Waals surface area contributed by atoms with Gasteiger partial charge in [-0.15, -0.1) is 0 Å². The predicted octanol–water partition coefficient (Wildman–Crippen LogP) is 5.47. The van der Waals surface area contributed by atoms with Gasteiger partial charge in [-0.1, -0.05) is 35.9 Å². The molecule has 5 rings (SSSR count). The van der Waals surface area contributed by atoms with Crippen molar-refractivity contribution in [2.45, 2.75) is 6.92 Å². The number of benzene rings is 3. The van der Waals surface area contributed by atoms with Gasteiger partial charge in [-0.25, -0.2) is 19.7 Å². The average Bonchev–Trinajstić information content (AvgIpc) is 3.16. The van der Waals surface area contributed by atoms with Crippen molar-refractivity contribution in [3.8, 4) is 17.1 Å². The summed E-state index contributed by atoms with van der Waals surface area (Å²) >= 11 is 6.50. The van der Waals surface area contributed by atoms with Gasteiger partial charge in [0.1, 0.15) is 5.82 Å². The molecule has 0 aliphatic heterocycles. The number of fused-ring (bicyclic) bond motifs is 2. The van der Waals surface area contributed by atoms with Gasteiger partial charge >= 0.3 is 5.97 Å². The number of esters is 1. The highest BCUT2D eigenvalue weighted by Crippen LogP contribution is 2.32. The van der Waals surface area contributed by atoms with E-state index in [0.29, 0.717) is 34.3 Å². The van der Waals surface area contributed by atoms with E-state index in [4.69, 9.17) is 31.3 Å². The number of carbonyl (C=O) groups excluding carboxylic acids is 1. The number of hydrogen-bond acceptors (Lipinski definition) is 5. The van der Waals surface area contributed by atoms with Crippen molar-refractivity contribution in [3.63, 3.8) is 0 Å². The Bertz CT molecular complexity index is 1430. The van der Waals surface area contributed by atoms with Gasteiger partial charge in [0.2, 0.25) is 0 Å². The molecule has 0 radical (unpaired) electrons. The van der Waals surface area contributed by atoms with E-state index in [-0.39, 0.29) is 5.97 Å². The number of halogens is 1. The maximum atomic E-state index is 12.1. The zero-order valence-corrected chi connectivity index (χ0v) is 17.4. The first-order chi connectivity index (χ1) is 15.2. The van der Waals surface area contributed by atoms with Crippen molar-refractivity contribution < 1.29 is 9.53 Å². The van der Waals surface area contributed by atoms with Crippen molar-refractivity contribution >= 4 is 39.9 Å². The average molecular weight is 429 g/mol. The first-order valence-corrected chi connectivity index (χ1v) is 10.2. The van der Waals surface area contributed by atoms with Gasteiger partial charge in [0.15, 0.2) is 11.3 Å². The molecule has 7 heteroatoms. The fourth-order valence-electron chi connectivity index (χ4n) is 3.49. The summed E-state index contributed by atoms with van der Waals surface area (Å²) < 4.78 is 7.00. The molecule has 0 bridgehead atoms. The van der Waals surface area contributed by atoms with Crippen LogP contribution in [0.2, 0.25) is 5.02 Å². The summed E-state index contributed by atoms with van der Waals surface area (Å²) in [6.45, 7) is 2.11. The minimum absolute atomic E-state index is 0.325. The Labute approximate surface area is 183 Å². The summed E-state index contributed by atoms with van der Waals surface area (Å²) in [4.78, 5) is 26.3. The summed E-state index contributed by atoms with van der Waals surface area (Å²) in [7, 11) is 0. The lowest BCUT2D eigenvalue weighted by Crippen LogP contribution is -2.05. The summed E-state index contributed by atoms with van der Waals surface area (Å²) in [6.07, 6.45) is 0. The van der Waals surface area contributed by atoms with E-state index in [1.54, 1.807) is 19.1 Å². The lowest BCUT2D eigenvalue weighted by atomic mass is 10.2. The van der Waals surface area contributed by atoms with Crippen LogP contribution in [-0.2, 0) is 4.74 Å². The molecule has 0 saturated carbocycles. The van der Waals surface area contributed by atoms with Gasteiger partial charge in [-0.05, 0) is 55.5 Å². The molecule has 0 atom stereocenters. The van der Waals surface area contributed by atoms with Crippen LogP contribution in [0.3, 0.4) is 0 Å². The lowest BCUT2D eigenvalue weighted by Gasteiger charge is -2.11. The van der Waals surface area contributed by atoms with Crippen LogP contribution in [0, 0.1) is 0 Å². The topological polar surface area (TPSA) is 69.9 Å². The van der Waals surface area contributed by atoms with Crippen LogP contribution < -0.4 is 0 Å². The minimum atomic E-state index is -0.360. The second kappa shape index (κ2) is 7.81. The minimum Gasteiger partial charge on any atom is -0.462 e. The highest BCUT2D eigenvalue weighted by molar-refractivity contribution is 6.33. The van der Waals surface area contributed by atoms with E-state index in [9.17, 15) is 4.79 Å². The molecule has 0 aliphatic carbocycles. The predicted molar refractivity (Wildman–Crippen MR) is 121 cm³/mol. The third-order valence-corrected chi connectivity index (χ3v) is 5.25. The Morgan fingerprint density at radius 1 is 0.903 bits per heavy atom. The zero-order chi connectivity index (χ0) is 21.4. The molecule has 6 nitrogen and oxygen atoms in total. The fraction of sp³-hybridized carbons (Fsp3) is 0.0833. The Balaban J connectivity index is 1.76. The van der Waals surface area contributed by atoms with Crippen molar-refractivity contribution in [2.24, 2.45) is 0 Å². The van der Waals surface area contributed by atoms with Crippen LogP contribution in [0.15, 0.2) is 72.8 Å². The van der Waals surface area contributed by atoms with E-state index in [1.165, 1.54) is 0 Å². The molecule has 0 unspecified atom stereocenters. The third kappa shape index (κ3) is 3.41. The zero-order valence-electron chi connectivity index (χ0n) is 16.6. The molecule has 2 heterocycles. The fourth-order valence-corrected chi connectivity index (χ4v) is 3.71. The Morgan fingerprint density at radius 2 is 1.58 bits per heavy atom. The molecule has 3 aromatic carbocycles. The van der Waals surface area contributed by atoms with Gasteiger partial charge in [0, 0.05) is 11.3 Å². The molecule has 152 valence electrons. The lowest BCUT2D eigenvalue weighted by molar-refractivity contribution is 0.0526. The first-order valence-electron chi connectivity index (χ1n) is 9.83. The van der Waals surface area contributed by atoms with E-state index >= 15 is 0 Å². The second-order valence-electron chi connectivity index (χ2n) is 6.88. The molecule has 0 spiro atoms. The quantitative estimate of drug-likeness (QED) is 0.355. The molecule has 0 N–H and O–H groups in total. The molecular formula is C24H17ClN4O2. The summed E-state index contributed by atoms with van der Waals surface area (Å²) in [5, 5.41) is 0.576. The highest BCUT2D eigenvalue weighted by atomic mass is 35.5. The molecule has 5 aromatic rings. The van der Waals surface area contributed by atoms with E-state index in [1.807, 2.05) is 65.2 Å². The third-order valence-electron chi connectivity index (χ3n) is 4.92. The van der Waals surface area contributed by atoms with Crippen LogP contribution in [0.5, 0.6) is 0 Å². The maximum absolute atomic E-state index is 12.1. The van der Waals surface area contributed by atoms with E-state index in [2.05, 4.69) is 0 Å². The van der Waals surface area contributed by atoms with Crippen LogP contribution in [-0.4, -0.2) is 32.1 Å². The maximum Gasteiger partial charge on any atom is 0.338 e. The van der Waals surface area contributed by atoms with Crippen LogP contribution in [0.25, 0.3) is 39.4 Å². The second-order valence-corrected chi connectivity index (χ2v) is 7.28. The summed E-state index contributed by atoms with van der Waals surface area (Å²) in [5.41, 5.74) is 4.69. The molecule has 0 amide bonds. The van der Waals surface area contributed by atoms with Crippen LogP contribution >= 0.6 is 11.6 Å². The SMILES string of the molecule is CCOC(=O)c1ccc(-n2c(-c3ccccc3Cl)nc3nc4ccccc4nc32)cc1. The molecular weight excluding hydrogens is 412 g/mol. The number of aromatic nitrogens is 4. The van der Waals surface area contributed by atoms with Crippen molar-refractivity contribution in [1.29, 1.82) is 0 Å². The van der Waals surface area contributed by atoms with Gasteiger partial charge in [-0.2, -0.15) is 0 Å². The van der Waals surface area contributed by atoms with Crippen molar-refractivity contribution in [1.82, 2.24) is 19.5 Å². The number of carbonyl (C=O) groups is 1. The van der Waals surface area contributed by atoms with Gasteiger partial charge in [0.25, 0.3) is 0 Å². The number of nitrogens with zero attached hydrogens (tertiary/aromatic N) is 4. The molecule has 0 saturated heterocycles. The van der Waals surface area contributed by atoms with E-state index in [0.717, 1.165) is 22.3 Å². The number of ether oxygens (including phenoxy) is 1. The number of hydrogen-bond donors (Lipinski definition) is 0. The Morgan fingerprint density at radius 3 is 2.29 bits per heavy atom. The van der Waals surface area contributed by atoms with Gasteiger partial charge < -0.3 is 4.74 Å². The standard InChI is InChI=1S/C24H17ClN4O2/c1-2-31-24(30)15-11-13-16(14-12-15)29-22(17-7-3-4-8-18(17)25)28-21-23(29)27-20-10-6-5-9-19(20)26-21/h3-14H,2H2,1H3. The molecule has 0 fully saturated rings. The van der Waals surface area contributed by atoms with Gasteiger partial charge in [-0.3, -0.25) is 4.57 Å². The largest absolute Gasteiger partial charge is 0.462 e. The molecule has 2 aromatic heterocycles. The summed E-state index contributed by atoms with van der Waals surface area (Å²) in [6, 6.07) is 22.3. The van der Waals surface area contributed by atoms with Crippen LogP contribution in [0.4, 0.5) is 0 Å². The summed E-state index contributed by atoms with van der Waals surface area (Å²) in [5.74, 6) is 0.265. The number of imidazole rings is 1. The first kappa shape index (κ1) is 19.2.